The van der Waals surface area contributed by atoms with Gasteiger partial charge in [0.25, 0.3) is 5.91 Å². The zero-order valence-corrected chi connectivity index (χ0v) is 9.66. The number of pyridine rings is 1. The molecule has 1 aliphatic rings. The molecule has 0 radical (unpaired) electrons. The van der Waals surface area contributed by atoms with E-state index in [1.54, 1.807) is 18.3 Å². The number of rotatable bonds is 2. The Labute approximate surface area is 96.2 Å². The zero-order chi connectivity index (χ0) is 10.7. The van der Waals surface area contributed by atoms with E-state index in [1.807, 2.05) is 0 Å². The van der Waals surface area contributed by atoms with Crippen molar-refractivity contribution in [1.29, 1.82) is 0 Å². The Balaban J connectivity index is 2.04. The fraction of sp³-hybridized carbons (Fsp3) is 0.400. The van der Waals surface area contributed by atoms with Crippen molar-refractivity contribution in [2.45, 2.75) is 12.5 Å². The number of carbonyl (C=O) groups excluding carboxylic acids is 1. The van der Waals surface area contributed by atoms with Gasteiger partial charge in [-0.2, -0.15) is 0 Å². The largest absolute Gasteiger partial charge is 0.379 e. The summed E-state index contributed by atoms with van der Waals surface area (Å²) in [5, 5.41) is 2.88. The fourth-order valence-corrected chi connectivity index (χ4v) is 1.89. The van der Waals surface area contributed by atoms with E-state index in [4.69, 9.17) is 4.74 Å². The zero-order valence-electron chi connectivity index (χ0n) is 8.07. The molecule has 15 heavy (non-hydrogen) atoms. The van der Waals surface area contributed by atoms with Gasteiger partial charge in [0, 0.05) is 17.3 Å². The molecule has 1 saturated heterocycles. The van der Waals surface area contributed by atoms with Gasteiger partial charge in [0.15, 0.2) is 0 Å². The van der Waals surface area contributed by atoms with Crippen molar-refractivity contribution in [1.82, 2.24) is 10.3 Å². The monoisotopic (exact) mass is 270 g/mol. The first-order valence-corrected chi connectivity index (χ1v) is 5.56. The van der Waals surface area contributed by atoms with Gasteiger partial charge in [0.2, 0.25) is 0 Å². The number of amides is 1. The standard InChI is InChI=1S/C10H11BrN2O2/c11-8-2-1-4-12-9(8)10(14)13-7-3-5-15-6-7/h1-2,4,7H,3,5-6H2,(H,13,14). The van der Waals surface area contributed by atoms with Crippen LogP contribution in [0.5, 0.6) is 0 Å². The van der Waals surface area contributed by atoms with E-state index in [2.05, 4.69) is 26.2 Å². The van der Waals surface area contributed by atoms with Crippen molar-refractivity contribution in [2.24, 2.45) is 0 Å². The molecule has 1 amide bonds. The third kappa shape index (κ3) is 2.54. The molecule has 0 saturated carbocycles. The van der Waals surface area contributed by atoms with Crippen LogP contribution in [0.25, 0.3) is 0 Å². The van der Waals surface area contributed by atoms with Crippen LogP contribution in [0.2, 0.25) is 0 Å². The first-order chi connectivity index (χ1) is 7.27. The molecule has 0 bridgehead atoms. The van der Waals surface area contributed by atoms with Crippen molar-refractivity contribution < 1.29 is 9.53 Å². The van der Waals surface area contributed by atoms with Gasteiger partial charge >= 0.3 is 0 Å². The molecule has 1 atom stereocenters. The lowest BCUT2D eigenvalue weighted by Crippen LogP contribution is -2.35. The topological polar surface area (TPSA) is 51.2 Å². The Hall–Kier alpha value is -0.940. The molecular weight excluding hydrogens is 260 g/mol. The van der Waals surface area contributed by atoms with Crippen molar-refractivity contribution in [3.8, 4) is 0 Å². The molecule has 80 valence electrons. The van der Waals surface area contributed by atoms with Crippen LogP contribution in [0.3, 0.4) is 0 Å². The second kappa shape index (κ2) is 4.72. The Kier molecular flexibility index (Phi) is 3.33. The predicted molar refractivity (Wildman–Crippen MR) is 58.6 cm³/mol. The molecule has 1 aromatic heterocycles. The summed E-state index contributed by atoms with van der Waals surface area (Å²) in [7, 11) is 0. The molecule has 0 aliphatic carbocycles. The SMILES string of the molecule is O=C(NC1CCOC1)c1ncccc1Br. The Morgan fingerprint density at radius 2 is 2.53 bits per heavy atom. The summed E-state index contributed by atoms with van der Waals surface area (Å²) in [6, 6.07) is 3.69. The highest BCUT2D eigenvalue weighted by atomic mass is 79.9. The molecule has 1 fully saturated rings. The van der Waals surface area contributed by atoms with E-state index in [1.165, 1.54) is 0 Å². The minimum Gasteiger partial charge on any atom is -0.379 e. The maximum Gasteiger partial charge on any atom is 0.271 e. The average Bonchev–Trinajstić information content (AvgIpc) is 2.71. The summed E-state index contributed by atoms with van der Waals surface area (Å²) in [4.78, 5) is 15.8. The minimum atomic E-state index is -0.155. The van der Waals surface area contributed by atoms with Crippen LogP contribution in [0.15, 0.2) is 22.8 Å². The van der Waals surface area contributed by atoms with Crippen LogP contribution in [0.4, 0.5) is 0 Å². The number of aromatic nitrogens is 1. The van der Waals surface area contributed by atoms with E-state index < -0.39 is 0 Å². The van der Waals surface area contributed by atoms with Gasteiger partial charge in [-0.3, -0.25) is 4.79 Å². The van der Waals surface area contributed by atoms with E-state index in [0.717, 1.165) is 6.42 Å². The maximum absolute atomic E-state index is 11.8. The lowest BCUT2D eigenvalue weighted by atomic mass is 10.2. The molecule has 1 aliphatic heterocycles. The normalized spacial score (nSPS) is 20.2. The van der Waals surface area contributed by atoms with Crippen molar-refractivity contribution >= 4 is 21.8 Å². The highest BCUT2D eigenvalue weighted by molar-refractivity contribution is 9.10. The third-order valence-corrected chi connectivity index (χ3v) is 2.88. The Bertz CT molecular complexity index is 364. The molecular formula is C10H11BrN2O2. The number of hydrogen-bond acceptors (Lipinski definition) is 3. The lowest BCUT2D eigenvalue weighted by Gasteiger charge is -2.10. The summed E-state index contributed by atoms with van der Waals surface area (Å²) in [6.07, 6.45) is 2.47. The number of ether oxygens (including phenoxy) is 1. The summed E-state index contributed by atoms with van der Waals surface area (Å²) in [6.45, 7) is 1.31. The molecule has 1 aromatic rings. The van der Waals surface area contributed by atoms with Gasteiger partial charge < -0.3 is 10.1 Å². The first kappa shape index (κ1) is 10.6. The van der Waals surface area contributed by atoms with Gasteiger partial charge in [-0.1, -0.05) is 0 Å². The molecule has 2 heterocycles. The fourth-order valence-electron chi connectivity index (χ4n) is 1.45. The Morgan fingerprint density at radius 1 is 1.67 bits per heavy atom. The summed E-state index contributed by atoms with van der Waals surface area (Å²) < 4.78 is 5.89. The lowest BCUT2D eigenvalue weighted by molar-refractivity contribution is 0.0924. The second-order valence-electron chi connectivity index (χ2n) is 3.37. The van der Waals surface area contributed by atoms with E-state index in [-0.39, 0.29) is 11.9 Å². The van der Waals surface area contributed by atoms with E-state index in [9.17, 15) is 4.79 Å². The quantitative estimate of drug-likeness (QED) is 0.883. The van der Waals surface area contributed by atoms with Crippen LogP contribution in [0, 0.1) is 0 Å². The van der Waals surface area contributed by atoms with Crippen molar-refractivity contribution in [3.63, 3.8) is 0 Å². The van der Waals surface area contributed by atoms with Gasteiger partial charge in [-0.15, -0.1) is 0 Å². The maximum atomic E-state index is 11.8. The molecule has 5 heteroatoms. The van der Waals surface area contributed by atoms with Gasteiger partial charge in [0.05, 0.1) is 12.6 Å². The number of nitrogens with one attached hydrogen (secondary N) is 1. The minimum absolute atomic E-state index is 0.117. The molecule has 2 rings (SSSR count). The molecule has 0 aromatic carbocycles. The molecule has 4 nitrogen and oxygen atoms in total. The van der Waals surface area contributed by atoms with Gasteiger partial charge in [-0.05, 0) is 34.5 Å². The molecule has 1 unspecified atom stereocenters. The number of halogens is 1. The van der Waals surface area contributed by atoms with Crippen LogP contribution in [-0.4, -0.2) is 30.1 Å². The first-order valence-electron chi connectivity index (χ1n) is 4.76. The summed E-state index contributed by atoms with van der Waals surface area (Å²) >= 11 is 3.29. The summed E-state index contributed by atoms with van der Waals surface area (Å²) in [5.41, 5.74) is 0.421. The van der Waals surface area contributed by atoms with Crippen LogP contribution in [0.1, 0.15) is 16.9 Å². The molecule has 1 N–H and O–H groups in total. The average molecular weight is 271 g/mol. The highest BCUT2D eigenvalue weighted by Crippen LogP contribution is 2.13. The number of carbonyl (C=O) groups is 1. The molecule has 0 spiro atoms. The predicted octanol–water partition coefficient (Wildman–Crippen LogP) is 1.36. The highest BCUT2D eigenvalue weighted by Gasteiger charge is 2.20. The third-order valence-electron chi connectivity index (χ3n) is 2.24. The van der Waals surface area contributed by atoms with Crippen LogP contribution < -0.4 is 5.32 Å². The van der Waals surface area contributed by atoms with Crippen molar-refractivity contribution in [3.05, 3.63) is 28.5 Å². The van der Waals surface area contributed by atoms with Crippen LogP contribution in [-0.2, 0) is 4.74 Å². The van der Waals surface area contributed by atoms with Crippen LogP contribution >= 0.6 is 15.9 Å². The summed E-state index contributed by atoms with van der Waals surface area (Å²) in [5.74, 6) is -0.155. The number of nitrogens with zero attached hydrogens (tertiary/aromatic N) is 1. The smallest absolute Gasteiger partial charge is 0.271 e. The van der Waals surface area contributed by atoms with Crippen molar-refractivity contribution in [2.75, 3.05) is 13.2 Å². The van der Waals surface area contributed by atoms with Gasteiger partial charge in [-0.25, -0.2) is 4.98 Å². The van der Waals surface area contributed by atoms with Gasteiger partial charge in [0.1, 0.15) is 5.69 Å². The Morgan fingerprint density at radius 3 is 3.20 bits per heavy atom. The van der Waals surface area contributed by atoms with E-state index >= 15 is 0 Å². The van der Waals surface area contributed by atoms with E-state index in [0.29, 0.717) is 23.4 Å². The second-order valence-corrected chi connectivity index (χ2v) is 4.22. The number of hydrogen-bond donors (Lipinski definition) is 1.